The van der Waals surface area contributed by atoms with Crippen molar-refractivity contribution in [3.05, 3.63) is 16.1 Å². The van der Waals surface area contributed by atoms with E-state index in [0.29, 0.717) is 6.61 Å². The third-order valence-corrected chi connectivity index (χ3v) is 3.60. The molecule has 1 aromatic heterocycles. The largest absolute Gasteiger partial charge is 0.380 e. The Labute approximate surface area is 125 Å². The highest BCUT2D eigenvalue weighted by Crippen LogP contribution is 2.10. The van der Waals surface area contributed by atoms with Crippen molar-refractivity contribution in [3.63, 3.8) is 0 Å². The van der Waals surface area contributed by atoms with Gasteiger partial charge in [-0.05, 0) is 27.2 Å². The van der Waals surface area contributed by atoms with Crippen LogP contribution in [0.4, 0.5) is 0 Å². The Balaban J connectivity index is 2.23. The van der Waals surface area contributed by atoms with Crippen molar-refractivity contribution in [2.75, 3.05) is 32.8 Å². The molecular weight excluding hydrogens is 272 g/mol. The van der Waals surface area contributed by atoms with E-state index in [0.717, 1.165) is 50.7 Å². The van der Waals surface area contributed by atoms with Crippen molar-refractivity contribution in [1.82, 2.24) is 15.6 Å². The number of hydrogen-bond acceptors (Lipinski definition) is 4. The van der Waals surface area contributed by atoms with E-state index in [1.54, 1.807) is 11.3 Å². The van der Waals surface area contributed by atoms with Gasteiger partial charge in [0.2, 0.25) is 0 Å². The molecule has 1 rings (SSSR count). The lowest BCUT2D eigenvalue weighted by molar-refractivity contribution is 0.152. The first-order valence-corrected chi connectivity index (χ1v) is 8.15. The molecule has 114 valence electrons. The maximum Gasteiger partial charge on any atom is 0.191 e. The van der Waals surface area contributed by atoms with Crippen molar-refractivity contribution in [2.24, 2.45) is 4.99 Å². The first-order chi connectivity index (χ1) is 9.76. The van der Waals surface area contributed by atoms with E-state index in [-0.39, 0.29) is 0 Å². The van der Waals surface area contributed by atoms with Crippen molar-refractivity contribution in [3.8, 4) is 0 Å². The lowest BCUT2D eigenvalue weighted by Crippen LogP contribution is -2.39. The molecule has 0 aromatic carbocycles. The fraction of sp³-hybridized carbons (Fsp3) is 0.714. The van der Waals surface area contributed by atoms with E-state index in [1.807, 2.05) is 13.8 Å². The van der Waals surface area contributed by atoms with Gasteiger partial charge in [0.05, 0.1) is 11.6 Å². The number of nitrogens with one attached hydrogen (secondary N) is 2. The summed E-state index contributed by atoms with van der Waals surface area (Å²) in [5.74, 6) is 0.863. The van der Waals surface area contributed by atoms with Crippen LogP contribution >= 0.6 is 11.3 Å². The van der Waals surface area contributed by atoms with E-state index in [4.69, 9.17) is 4.74 Å². The predicted molar refractivity (Wildman–Crippen MR) is 85.6 cm³/mol. The summed E-state index contributed by atoms with van der Waals surface area (Å²) in [6, 6.07) is 0. The third-order valence-electron chi connectivity index (χ3n) is 2.57. The minimum Gasteiger partial charge on any atom is -0.380 e. The Bertz CT molecular complexity index is 392. The Morgan fingerprint density at radius 1 is 1.40 bits per heavy atom. The summed E-state index contributed by atoms with van der Waals surface area (Å²) in [5.41, 5.74) is 1.11. The van der Waals surface area contributed by atoms with Gasteiger partial charge in [-0.25, -0.2) is 4.98 Å². The minimum absolute atomic E-state index is 0.708. The summed E-state index contributed by atoms with van der Waals surface area (Å²) in [5, 5.41) is 9.79. The van der Waals surface area contributed by atoms with Crippen molar-refractivity contribution in [1.29, 1.82) is 0 Å². The normalized spacial score (nSPS) is 11.7. The lowest BCUT2D eigenvalue weighted by atomic mass is 10.3. The van der Waals surface area contributed by atoms with Crippen LogP contribution in [0, 0.1) is 6.92 Å². The second-order valence-electron chi connectivity index (χ2n) is 4.37. The minimum atomic E-state index is 0.708. The van der Waals surface area contributed by atoms with Gasteiger partial charge in [-0.15, -0.1) is 11.3 Å². The zero-order chi connectivity index (χ0) is 14.6. The number of aryl methyl sites for hydroxylation is 2. The smallest absolute Gasteiger partial charge is 0.191 e. The highest BCUT2D eigenvalue weighted by Gasteiger charge is 1.99. The van der Waals surface area contributed by atoms with Crippen molar-refractivity contribution < 1.29 is 4.74 Å². The summed E-state index contributed by atoms with van der Waals surface area (Å²) < 4.78 is 5.30. The molecule has 0 aliphatic carbocycles. The molecule has 6 heteroatoms. The van der Waals surface area contributed by atoms with Crippen LogP contribution in [0.2, 0.25) is 0 Å². The van der Waals surface area contributed by atoms with Gasteiger partial charge >= 0.3 is 0 Å². The number of guanidine groups is 1. The van der Waals surface area contributed by atoms with Crippen LogP contribution in [0.15, 0.2) is 10.4 Å². The first-order valence-electron chi connectivity index (χ1n) is 7.27. The molecule has 1 heterocycles. The number of nitrogens with zero attached hydrogens (tertiary/aromatic N) is 2. The van der Waals surface area contributed by atoms with Crippen LogP contribution in [0.3, 0.4) is 0 Å². The third kappa shape index (κ3) is 7.45. The zero-order valence-corrected chi connectivity index (χ0v) is 13.6. The molecule has 0 radical (unpaired) electrons. The number of thiazole rings is 1. The fourth-order valence-corrected chi connectivity index (χ4v) is 2.48. The predicted octanol–water partition coefficient (Wildman–Crippen LogP) is 1.98. The van der Waals surface area contributed by atoms with Gasteiger partial charge in [0.1, 0.15) is 0 Å². The molecule has 1 aromatic rings. The molecule has 0 fully saturated rings. The molecule has 0 atom stereocenters. The summed E-state index contributed by atoms with van der Waals surface area (Å²) in [7, 11) is 0. The van der Waals surface area contributed by atoms with Gasteiger partial charge < -0.3 is 15.4 Å². The number of aliphatic imine (C=N–C) groups is 1. The van der Waals surface area contributed by atoms with Crippen LogP contribution in [0.1, 0.15) is 31.0 Å². The van der Waals surface area contributed by atoms with Crippen LogP contribution in [0.25, 0.3) is 0 Å². The second-order valence-corrected chi connectivity index (χ2v) is 5.31. The molecule has 0 saturated carbocycles. The van der Waals surface area contributed by atoms with Gasteiger partial charge in [-0.2, -0.15) is 0 Å². The standard InChI is InChI=1S/C14H26N4OS/c1-4-15-14(17-9-10-19-5-2)16-8-6-7-13-18-12(3)11-20-13/h11H,4-10H2,1-3H3,(H2,15,16,17). The Hall–Kier alpha value is -1.14. The number of rotatable bonds is 9. The maximum absolute atomic E-state index is 5.30. The van der Waals surface area contributed by atoms with E-state index in [1.165, 1.54) is 5.01 Å². The zero-order valence-electron chi connectivity index (χ0n) is 12.7. The van der Waals surface area contributed by atoms with Crippen LogP contribution < -0.4 is 10.6 Å². The monoisotopic (exact) mass is 298 g/mol. The molecule has 0 bridgehead atoms. The average molecular weight is 298 g/mol. The number of hydrogen-bond donors (Lipinski definition) is 2. The molecule has 0 amide bonds. The highest BCUT2D eigenvalue weighted by atomic mass is 32.1. The summed E-state index contributed by atoms with van der Waals surface area (Å²) >= 11 is 1.73. The molecule has 0 unspecified atom stereocenters. The molecule has 0 aliphatic rings. The Morgan fingerprint density at radius 2 is 2.25 bits per heavy atom. The molecule has 0 spiro atoms. The van der Waals surface area contributed by atoms with Gasteiger partial charge in [-0.1, -0.05) is 0 Å². The van der Waals surface area contributed by atoms with Crippen LogP contribution in [-0.4, -0.2) is 43.8 Å². The van der Waals surface area contributed by atoms with Gasteiger partial charge in [-0.3, -0.25) is 4.99 Å². The molecule has 0 saturated heterocycles. The van der Waals surface area contributed by atoms with E-state index >= 15 is 0 Å². The molecule has 2 N–H and O–H groups in total. The van der Waals surface area contributed by atoms with E-state index in [2.05, 4.69) is 32.9 Å². The quantitative estimate of drug-likeness (QED) is 0.416. The first kappa shape index (κ1) is 16.9. The van der Waals surface area contributed by atoms with Crippen LogP contribution in [0.5, 0.6) is 0 Å². The summed E-state index contributed by atoms with van der Waals surface area (Å²) in [6.45, 7) is 10.0. The summed E-state index contributed by atoms with van der Waals surface area (Å²) in [4.78, 5) is 9.00. The van der Waals surface area contributed by atoms with Gasteiger partial charge in [0.15, 0.2) is 5.96 Å². The average Bonchev–Trinajstić information content (AvgIpc) is 2.85. The van der Waals surface area contributed by atoms with Crippen molar-refractivity contribution in [2.45, 2.75) is 33.6 Å². The Morgan fingerprint density at radius 3 is 2.90 bits per heavy atom. The van der Waals surface area contributed by atoms with E-state index in [9.17, 15) is 0 Å². The van der Waals surface area contributed by atoms with Crippen molar-refractivity contribution >= 4 is 17.3 Å². The SMILES string of the molecule is CCNC(=NCCCc1nc(C)cs1)NCCOCC. The lowest BCUT2D eigenvalue weighted by Gasteiger charge is -2.10. The topological polar surface area (TPSA) is 58.5 Å². The number of ether oxygens (including phenoxy) is 1. The number of aromatic nitrogens is 1. The second kappa shape index (κ2) is 10.6. The Kier molecular flexibility index (Phi) is 8.98. The maximum atomic E-state index is 5.30. The molecular formula is C14H26N4OS. The molecule has 0 aliphatic heterocycles. The fourth-order valence-electron chi connectivity index (χ4n) is 1.67. The van der Waals surface area contributed by atoms with Gasteiger partial charge in [0, 0.05) is 43.7 Å². The summed E-state index contributed by atoms with van der Waals surface area (Å²) in [6.07, 6.45) is 2.02. The molecule has 20 heavy (non-hydrogen) atoms. The molecule has 5 nitrogen and oxygen atoms in total. The van der Waals surface area contributed by atoms with Gasteiger partial charge in [0.25, 0.3) is 0 Å². The highest BCUT2D eigenvalue weighted by molar-refractivity contribution is 7.09. The van der Waals surface area contributed by atoms with Crippen LogP contribution in [-0.2, 0) is 11.2 Å². The van der Waals surface area contributed by atoms with E-state index < -0.39 is 0 Å².